The second-order valence-corrected chi connectivity index (χ2v) is 12.4. The Morgan fingerprint density at radius 3 is 2.61 bits per heavy atom. The summed E-state index contributed by atoms with van der Waals surface area (Å²) in [6.45, 7) is 8.10. The van der Waals surface area contributed by atoms with E-state index in [1.54, 1.807) is 4.90 Å². The lowest BCUT2D eigenvalue weighted by Crippen LogP contribution is -2.52. The molecule has 2 fully saturated rings. The molecule has 0 radical (unpaired) electrons. The quantitative estimate of drug-likeness (QED) is 0.487. The molecular weight excluding hydrogens is 518 g/mol. The molecule has 0 aliphatic carbocycles. The van der Waals surface area contributed by atoms with E-state index in [0.29, 0.717) is 25.1 Å². The van der Waals surface area contributed by atoms with E-state index in [-0.39, 0.29) is 29.2 Å². The SMILES string of the molecule is CC(C)(c1ccccc1)n1cc(CN2CCC3(CC2)COc2c3ccc3c2CN([C@H]2CCC(=O)NC2=O)C3=O)cn1. The minimum atomic E-state index is -0.621. The van der Waals surface area contributed by atoms with Crippen LogP contribution in [0.25, 0.3) is 0 Å². The van der Waals surface area contributed by atoms with Gasteiger partial charge in [-0.2, -0.15) is 5.10 Å². The average Bonchev–Trinajstić information content (AvgIpc) is 3.68. The monoisotopic (exact) mass is 553 g/mol. The molecule has 41 heavy (non-hydrogen) atoms. The number of amides is 3. The summed E-state index contributed by atoms with van der Waals surface area (Å²) in [7, 11) is 0. The molecule has 212 valence electrons. The molecule has 4 aliphatic heterocycles. The summed E-state index contributed by atoms with van der Waals surface area (Å²) in [5.74, 6) is -0.00747. The zero-order valence-electron chi connectivity index (χ0n) is 23.6. The van der Waals surface area contributed by atoms with Gasteiger partial charge in [0.1, 0.15) is 11.8 Å². The number of hydrogen-bond donors (Lipinski definition) is 1. The molecule has 7 rings (SSSR count). The van der Waals surface area contributed by atoms with E-state index in [2.05, 4.69) is 65.3 Å². The molecule has 0 unspecified atom stereocenters. The predicted octanol–water partition coefficient (Wildman–Crippen LogP) is 3.35. The molecular formula is C32H35N5O4. The lowest BCUT2D eigenvalue weighted by Gasteiger charge is -2.38. The number of ether oxygens (including phenoxy) is 1. The minimum Gasteiger partial charge on any atom is -0.492 e. The van der Waals surface area contributed by atoms with Crippen LogP contribution in [-0.2, 0) is 33.6 Å². The highest BCUT2D eigenvalue weighted by atomic mass is 16.5. The smallest absolute Gasteiger partial charge is 0.255 e. The fourth-order valence-electron chi connectivity index (χ4n) is 7.02. The Kier molecular flexibility index (Phi) is 6.04. The van der Waals surface area contributed by atoms with Crippen molar-refractivity contribution in [3.8, 4) is 5.75 Å². The zero-order chi connectivity index (χ0) is 28.4. The Labute approximate surface area is 239 Å². The third kappa shape index (κ3) is 4.25. The number of imide groups is 1. The second-order valence-electron chi connectivity index (χ2n) is 12.4. The van der Waals surface area contributed by atoms with E-state index < -0.39 is 11.9 Å². The third-order valence-electron chi connectivity index (χ3n) is 9.64. The fraction of sp³-hybridized carbons (Fsp3) is 0.438. The van der Waals surface area contributed by atoms with Crippen molar-refractivity contribution in [3.05, 3.63) is 82.7 Å². The van der Waals surface area contributed by atoms with Crippen LogP contribution >= 0.6 is 0 Å². The van der Waals surface area contributed by atoms with Crippen LogP contribution in [-0.4, -0.2) is 63.0 Å². The summed E-state index contributed by atoms with van der Waals surface area (Å²) in [4.78, 5) is 41.4. The number of carbonyl (C=O) groups excluding carboxylic acids is 3. The Hall–Kier alpha value is -3.98. The maximum atomic E-state index is 13.2. The van der Waals surface area contributed by atoms with Gasteiger partial charge in [0.25, 0.3) is 5.91 Å². The van der Waals surface area contributed by atoms with Crippen molar-refractivity contribution >= 4 is 17.7 Å². The van der Waals surface area contributed by atoms with Gasteiger partial charge in [-0.15, -0.1) is 0 Å². The first kappa shape index (κ1) is 26.0. The Morgan fingerprint density at radius 2 is 1.85 bits per heavy atom. The van der Waals surface area contributed by atoms with Gasteiger partial charge in [0.05, 0.1) is 24.9 Å². The fourth-order valence-corrected chi connectivity index (χ4v) is 7.02. The molecule has 1 atom stereocenters. The summed E-state index contributed by atoms with van der Waals surface area (Å²) >= 11 is 0. The number of fused-ring (bicyclic) bond motifs is 4. The van der Waals surface area contributed by atoms with Crippen molar-refractivity contribution in [3.63, 3.8) is 0 Å². The van der Waals surface area contributed by atoms with Gasteiger partial charge in [0, 0.05) is 46.8 Å². The van der Waals surface area contributed by atoms with Crippen LogP contribution in [0.1, 0.15) is 72.1 Å². The first-order valence-electron chi connectivity index (χ1n) is 14.5. The number of nitrogens with zero attached hydrogens (tertiary/aromatic N) is 4. The van der Waals surface area contributed by atoms with Gasteiger partial charge in [-0.25, -0.2) is 0 Å². The van der Waals surface area contributed by atoms with Crippen LogP contribution in [0.3, 0.4) is 0 Å². The molecule has 0 saturated carbocycles. The van der Waals surface area contributed by atoms with Crippen molar-refractivity contribution in [2.24, 2.45) is 0 Å². The molecule has 9 heteroatoms. The Balaban J connectivity index is 1.03. The van der Waals surface area contributed by atoms with Crippen LogP contribution in [0, 0.1) is 0 Å². The maximum Gasteiger partial charge on any atom is 0.255 e. The third-order valence-corrected chi connectivity index (χ3v) is 9.64. The molecule has 3 amide bonds. The number of rotatable bonds is 5. The van der Waals surface area contributed by atoms with Crippen LogP contribution in [0.15, 0.2) is 54.9 Å². The normalized spacial score (nSPS) is 22.0. The van der Waals surface area contributed by atoms with Crippen LogP contribution in [0.2, 0.25) is 0 Å². The van der Waals surface area contributed by atoms with Gasteiger partial charge >= 0.3 is 0 Å². The van der Waals surface area contributed by atoms with E-state index in [9.17, 15) is 14.4 Å². The molecule has 3 aromatic rings. The van der Waals surface area contributed by atoms with E-state index >= 15 is 0 Å². The van der Waals surface area contributed by atoms with E-state index in [0.717, 1.165) is 43.8 Å². The number of aromatic nitrogens is 2. The number of benzene rings is 2. The van der Waals surface area contributed by atoms with E-state index in [1.807, 2.05) is 18.3 Å². The molecule has 1 aromatic heterocycles. The Morgan fingerprint density at radius 1 is 1.07 bits per heavy atom. The largest absolute Gasteiger partial charge is 0.492 e. The summed E-state index contributed by atoms with van der Waals surface area (Å²) in [6, 6.07) is 13.8. The van der Waals surface area contributed by atoms with Crippen molar-refractivity contribution in [1.82, 2.24) is 24.9 Å². The molecule has 9 nitrogen and oxygen atoms in total. The number of nitrogens with one attached hydrogen (secondary N) is 1. The molecule has 4 aliphatic rings. The maximum absolute atomic E-state index is 13.2. The highest BCUT2D eigenvalue weighted by molar-refractivity contribution is 6.05. The molecule has 0 bridgehead atoms. The van der Waals surface area contributed by atoms with Crippen molar-refractivity contribution < 1.29 is 19.1 Å². The van der Waals surface area contributed by atoms with Gasteiger partial charge in [0.2, 0.25) is 11.8 Å². The molecule has 1 N–H and O–H groups in total. The average molecular weight is 554 g/mol. The Bertz CT molecular complexity index is 1540. The lowest BCUT2D eigenvalue weighted by atomic mass is 9.74. The predicted molar refractivity (Wildman–Crippen MR) is 151 cm³/mol. The van der Waals surface area contributed by atoms with Crippen LogP contribution in [0.5, 0.6) is 5.75 Å². The molecule has 5 heterocycles. The first-order chi connectivity index (χ1) is 19.7. The summed E-state index contributed by atoms with van der Waals surface area (Å²) in [5, 5.41) is 7.09. The molecule has 1 spiro atoms. The summed E-state index contributed by atoms with van der Waals surface area (Å²) in [5.41, 5.74) is 4.81. The van der Waals surface area contributed by atoms with Gasteiger partial charge in [0.15, 0.2) is 0 Å². The number of hydrogen-bond acceptors (Lipinski definition) is 6. The van der Waals surface area contributed by atoms with Gasteiger partial charge in [-0.1, -0.05) is 36.4 Å². The minimum absolute atomic E-state index is 0.0640. The van der Waals surface area contributed by atoms with Crippen molar-refractivity contribution in [1.29, 1.82) is 0 Å². The number of carbonyl (C=O) groups is 3. The van der Waals surface area contributed by atoms with Crippen molar-refractivity contribution in [2.45, 2.75) is 69.6 Å². The highest BCUT2D eigenvalue weighted by Crippen LogP contribution is 2.49. The van der Waals surface area contributed by atoms with Crippen LogP contribution < -0.4 is 10.1 Å². The molecule has 2 saturated heterocycles. The number of likely N-dealkylation sites (tertiary alicyclic amines) is 1. The first-order valence-corrected chi connectivity index (χ1v) is 14.5. The standard InChI is InChI=1S/C32H35N5O4/c1-31(2,22-6-4-3-5-7-22)37-18-21(16-33-37)17-35-14-12-32(13-15-35)20-41-28-24-19-36(26-10-11-27(38)34-29(26)39)30(40)23(24)8-9-25(28)32/h3-9,16,18,26H,10-15,17,19-20H2,1-2H3,(H,34,38,39)/t26-/m0/s1. The van der Waals surface area contributed by atoms with E-state index in [4.69, 9.17) is 9.84 Å². The molecule has 2 aromatic carbocycles. The van der Waals surface area contributed by atoms with Gasteiger partial charge in [-0.05, 0) is 57.8 Å². The topological polar surface area (TPSA) is 96.8 Å². The summed E-state index contributed by atoms with van der Waals surface area (Å²) in [6.07, 6.45) is 6.71. The number of piperidine rings is 2. The zero-order valence-corrected chi connectivity index (χ0v) is 23.6. The van der Waals surface area contributed by atoms with Gasteiger partial charge < -0.3 is 9.64 Å². The summed E-state index contributed by atoms with van der Waals surface area (Å²) < 4.78 is 8.39. The van der Waals surface area contributed by atoms with E-state index in [1.165, 1.54) is 16.7 Å². The lowest BCUT2D eigenvalue weighted by molar-refractivity contribution is -0.136. The van der Waals surface area contributed by atoms with Crippen LogP contribution in [0.4, 0.5) is 0 Å². The van der Waals surface area contributed by atoms with Gasteiger partial charge in [-0.3, -0.25) is 29.3 Å². The second kappa shape index (κ2) is 9.55. The van der Waals surface area contributed by atoms with Crippen molar-refractivity contribution in [2.75, 3.05) is 19.7 Å². The highest BCUT2D eigenvalue weighted by Gasteiger charge is 2.47.